The third kappa shape index (κ3) is 11.4. The summed E-state index contributed by atoms with van der Waals surface area (Å²) in [5.41, 5.74) is 0. The number of hydrogen-bond acceptors (Lipinski definition) is 25. The van der Waals surface area contributed by atoms with Crippen LogP contribution in [0.4, 0.5) is 0 Å². The largest absolute Gasteiger partial charge is 0.477 e. The standard InChI is InChI=1S/C34H56N2O27/c1-9(40)35-17-11(42)3-33(31(53)54,61-26(17)19(46)13(44)5-37)57-8-16-25(22(49)23(50)29(52)58-16)60-30-24(51)28(21(48)15(7-39)59-30)63-34(32(55)56)4-12(43)18(36-10(2)41)27(62-34)20(47)14(45)6-38/h11-30,37-39,42-52H,3-8H2,1-2H3,(H,35,40)(H,36,41)(H,53,54)(H,55,56)/t11-,12-,13+,14+,15+,16+,17+,18+,19+,20+,21-,22+,23+,24+,25+,26+,27+,28-,29?,30-,33+,34-/m0/s1. The van der Waals surface area contributed by atoms with Crippen LogP contribution in [0.25, 0.3) is 0 Å². The van der Waals surface area contributed by atoms with E-state index in [1.54, 1.807) is 0 Å². The summed E-state index contributed by atoms with van der Waals surface area (Å²) in [5.74, 6) is -11.9. The molecule has 4 rings (SSSR count). The van der Waals surface area contributed by atoms with Crippen molar-refractivity contribution >= 4 is 23.8 Å². The van der Waals surface area contributed by atoms with Gasteiger partial charge in [-0.25, -0.2) is 9.59 Å². The van der Waals surface area contributed by atoms with Crippen LogP contribution in [-0.2, 0) is 52.3 Å². The van der Waals surface area contributed by atoms with Gasteiger partial charge in [-0.3, -0.25) is 9.59 Å². The van der Waals surface area contributed by atoms with Crippen LogP contribution in [0.15, 0.2) is 0 Å². The molecular weight excluding hydrogens is 868 g/mol. The number of carbonyl (C=O) groups is 4. The number of ether oxygens (including phenoxy) is 7. The van der Waals surface area contributed by atoms with Gasteiger partial charge in [0.2, 0.25) is 11.8 Å². The number of aliphatic hydroxyl groups is 14. The van der Waals surface area contributed by atoms with Crippen LogP contribution >= 0.6 is 0 Å². The molecular formula is C34H56N2O27. The van der Waals surface area contributed by atoms with Gasteiger partial charge in [0.1, 0.15) is 85.5 Å². The summed E-state index contributed by atoms with van der Waals surface area (Å²) in [6.07, 6.45) is -40.6. The van der Waals surface area contributed by atoms with Gasteiger partial charge in [-0.1, -0.05) is 0 Å². The van der Waals surface area contributed by atoms with E-state index in [1.165, 1.54) is 0 Å². The van der Waals surface area contributed by atoms with Crippen LogP contribution in [0.1, 0.15) is 26.7 Å². The maximum absolute atomic E-state index is 12.9. The molecule has 0 bridgehead atoms. The van der Waals surface area contributed by atoms with Gasteiger partial charge in [-0.15, -0.1) is 0 Å². The fraction of sp³-hybridized carbons (Fsp3) is 0.882. The maximum atomic E-state index is 12.9. The van der Waals surface area contributed by atoms with Crippen molar-refractivity contribution in [1.82, 2.24) is 10.6 Å². The predicted molar refractivity (Wildman–Crippen MR) is 191 cm³/mol. The molecule has 29 nitrogen and oxygen atoms in total. The van der Waals surface area contributed by atoms with E-state index in [1.807, 2.05) is 0 Å². The van der Waals surface area contributed by atoms with E-state index in [0.717, 1.165) is 13.8 Å². The highest BCUT2D eigenvalue weighted by molar-refractivity contribution is 5.77. The van der Waals surface area contributed by atoms with Gasteiger partial charge in [0.25, 0.3) is 11.6 Å². The summed E-state index contributed by atoms with van der Waals surface area (Å²) in [4.78, 5) is 49.4. The lowest BCUT2D eigenvalue weighted by Crippen LogP contribution is -2.71. The Bertz CT molecular complexity index is 1570. The summed E-state index contributed by atoms with van der Waals surface area (Å²) in [5, 5.41) is 172. The second-order valence-corrected chi connectivity index (χ2v) is 15.5. The first kappa shape index (κ1) is 52.7. The predicted octanol–water partition coefficient (Wildman–Crippen LogP) is -11.0. The molecule has 364 valence electrons. The number of carboxylic acids is 2. The number of aliphatic hydroxyl groups excluding tert-OH is 14. The Morgan fingerprint density at radius 2 is 1.13 bits per heavy atom. The zero-order chi connectivity index (χ0) is 47.5. The second kappa shape index (κ2) is 21.6. The van der Waals surface area contributed by atoms with E-state index in [-0.39, 0.29) is 0 Å². The van der Waals surface area contributed by atoms with Crippen LogP contribution in [0.5, 0.6) is 0 Å². The average Bonchev–Trinajstić information content (AvgIpc) is 3.22. The molecule has 63 heavy (non-hydrogen) atoms. The number of hydrogen-bond donors (Lipinski definition) is 18. The number of rotatable bonds is 18. The normalized spacial score (nSPS) is 42.9. The lowest BCUT2D eigenvalue weighted by atomic mass is 9.88. The molecule has 0 spiro atoms. The van der Waals surface area contributed by atoms with E-state index in [2.05, 4.69) is 10.6 Å². The number of amides is 2. The molecule has 4 aliphatic heterocycles. The minimum absolute atomic E-state index is 0.798. The van der Waals surface area contributed by atoms with Crippen LogP contribution in [0.3, 0.4) is 0 Å². The van der Waals surface area contributed by atoms with Crippen molar-refractivity contribution in [3.8, 4) is 0 Å². The molecule has 4 fully saturated rings. The fourth-order valence-electron chi connectivity index (χ4n) is 7.64. The molecule has 4 saturated heterocycles. The molecule has 0 aromatic rings. The van der Waals surface area contributed by atoms with Crippen molar-refractivity contribution in [3.05, 3.63) is 0 Å². The van der Waals surface area contributed by atoms with E-state index in [0.29, 0.717) is 0 Å². The van der Waals surface area contributed by atoms with Crippen LogP contribution in [0, 0.1) is 0 Å². The lowest BCUT2D eigenvalue weighted by molar-refractivity contribution is -0.388. The maximum Gasteiger partial charge on any atom is 0.364 e. The SMILES string of the molecule is CC(=O)N[C@H]1[C@H]([C@H](O)[C@H](O)CO)O[C@@](OC[C@H]2OC(O)[C@H](O)[C@@H](O)[C@@H]2O[C@@H]2O[C@H](CO)[C@H](O)[C@H](O[C@]3(C(=O)O)C[C@H](O)[C@@H](NC(C)=O)[C@H]([C@H](O)[C@H](O)CO)O3)[C@H]2O)(C(=O)O)C[C@@H]1O. The minimum Gasteiger partial charge on any atom is -0.477 e. The molecule has 0 aliphatic carbocycles. The lowest BCUT2D eigenvalue weighted by Gasteiger charge is -2.50. The molecule has 0 saturated carbocycles. The zero-order valence-corrected chi connectivity index (χ0v) is 33.4. The molecule has 0 aromatic heterocycles. The summed E-state index contributed by atoms with van der Waals surface area (Å²) in [6.45, 7) is -2.54. The Kier molecular flexibility index (Phi) is 18.0. The fourth-order valence-corrected chi connectivity index (χ4v) is 7.64. The second-order valence-electron chi connectivity index (χ2n) is 15.5. The van der Waals surface area contributed by atoms with Gasteiger partial charge < -0.3 is 125 Å². The van der Waals surface area contributed by atoms with Crippen molar-refractivity contribution in [1.29, 1.82) is 0 Å². The highest BCUT2D eigenvalue weighted by Crippen LogP contribution is 2.39. The third-order valence-corrected chi connectivity index (χ3v) is 11.0. The Morgan fingerprint density at radius 3 is 1.57 bits per heavy atom. The smallest absolute Gasteiger partial charge is 0.364 e. The summed E-state index contributed by atoms with van der Waals surface area (Å²) >= 11 is 0. The number of carbonyl (C=O) groups excluding carboxylic acids is 2. The monoisotopic (exact) mass is 924 g/mol. The van der Waals surface area contributed by atoms with Gasteiger partial charge in [0.15, 0.2) is 12.6 Å². The minimum atomic E-state index is -3.19. The van der Waals surface area contributed by atoms with Crippen LogP contribution in [-0.4, -0.2) is 266 Å². The Labute approximate surface area is 355 Å². The van der Waals surface area contributed by atoms with Crippen molar-refractivity contribution in [2.45, 2.75) is 161 Å². The summed E-state index contributed by atoms with van der Waals surface area (Å²) in [7, 11) is 0. The van der Waals surface area contributed by atoms with E-state index in [4.69, 9.17) is 33.2 Å². The van der Waals surface area contributed by atoms with Gasteiger partial charge >= 0.3 is 11.9 Å². The first-order chi connectivity index (χ1) is 29.4. The highest BCUT2D eigenvalue weighted by Gasteiger charge is 2.61. The average molecular weight is 925 g/mol. The van der Waals surface area contributed by atoms with Gasteiger partial charge in [0.05, 0.1) is 50.7 Å². The Morgan fingerprint density at radius 1 is 0.651 bits per heavy atom. The molecule has 4 heterocycles. The molecule has 22 atom stereocenters. The molecule has 0 radical (unpaired) electrons. The van der Waals surface area contributed by atoms with E-state index in [9.17, 15) is 101 Å². The molecule has 4 aliphatic rings. The van der Waals surface area contributed by atoms with E-state index < -0.39 is 197 Å². The van der Waals surface area contributed by atoms with Gasteiger partial charge in [-0.05, 0) is 0 Å². The highest BCUT2D eigenvalue weighted by atomic mass is 16.8. The van der Waals surface area contributed by atoms with Crippen molar-refractivity contribution in [2.75, 3.05) is 26.4 Å². The van der Waals surface area contributed by atoms with Gasteiger partial charge in [-0.2, -0.15) is 0 Å². The molecule has 2 amide bonds. The third-order valence-electron chi connectivity index (χ3n) is 11.0. The molecule has 1 unspecified atom stereocenters. The Hall–Kier alpha value is -2.96. The number of carboxylic acid groups (broad SMARTS) is 2. The van der Waals surface area contributed by atoms with Crippen molar-refractivity contribution in [2.24, 2.45) is 0 Å². The van der Waals surface area contributed by atoms with Gasteiger partial charge in [0, 0.05) is 26.7 Å². The summed E-state index contributed by atoms with van der Waals surface area (Å²) < 4.78 is 38.7. The number of aliphatic carboxylic acids is 2. The van der Waals surface area contributed by atoms with E-state index >= 15 is 0 Å². The van der Waals surface area contributed by atoms with Crippen molar-refractivity contribution in [3.63, 3.8) is 0 Å². The quantitative estimate of drug-likeness (QED) is 0.0607. The molecule has 0 aromatic carbocycles. The molecule has 29 heteroatoms. The zero-order valence-electron chi connectivity index (χ0n) is 33.4. The first-order valence-corrected chi connectivity index (χ1v) is 19.3. The number of nitrogens with one attached hydrogen (secondary N) is 2. The molecule has 18 N–H and O–H groups in total. The topological polar surface area (TPSA) is 481 Å². The Balaban J connectivity index is 1.66. The van der Waals surface area contributed by atoms with Crippen LogP contribution < -0.4 is 10.6 Å². The summed E-state index contributed by atoms with van der Waals surface area (Å²) in [6, 6.07) is -3.26. The van der Waals surface area contributed by atoms with Crippen molar-refractivity contribution < 1.29 is 134 Å². The first-order valence-electron chi connectivity index (χ1n) is 19.3. The van der Waals surface area contributed by atoms with Crippen LogP contribution in [0.2, 0.25) is 0 Å².